The monoisotopic (exact) mass is 321 g/mol. The van der Waals surface area contributed by atoms with E-state index in [1.165, 1.54) is 23.5 Å². The van der Waals surface area contributed by atoms with E-state index in [1.807, 2.05) is 0 Å². The Hall–Kier alpha value is -2.41. The molecule has 3 rings (SSSR count). The molecule has 0 saturated carbocycles. The van der Waals surface area contributed by atoms with Crippen molar-refractivity contribution in [3.8, 4) is 11.3 Å². The van der Waals surface area contributed by atoms with E-state index in [1.54, 1.807) is 36.0 Å². The summed E-state index contributed by atoms with van der Waals surface area (Å²) in [6.45, 7) is 0. The van der Waals surface area contributed by atoms with Crippen LogP contribution >= 0.6 is 11.3 Å². The van der Waals surface area contributed by atoms with Crippen LogP contribution in [0.25, 0.3) is 11.3 Å². The van der Waals surface area contributed by atoms with Crippen molar-refractivity contribution in [2.75, 3.05) is 5.32 Å². The highest BCUT2D eigenvalue weighted by atomic mass is 32.1. The maximum atomic E-state index is 13.0. The predicted octanol–water partition coefficient (Wildman–Crippen LogP) is 4.97. The molecule has 7 heteroatoms. The average Bonchev–Trinajstić information content (AvgIpc) is 2.96. The van der Waals surface area contributed by atoms with Crippen molar-refractivity contribution in [3.05, 3.63) is 59.7 Å². The van der Waals surface area contributed by atoms with Crippen molar-refractivity contribution in [3.63, 3.8) is 0 Å². The first-order valence-corrected chi connectivity index (χ1v) is 7.21. The molecule has 0 spiro atoms. The fraction of sp³-hybridized carbons (Fsp3) is 0.0667. The molecule has 2 aromatic heterocycles. The van der Waals surface area contributed by atoms with Gasteiger partial charge in [0.2, 0.25) is 0 Å². The second-order valence-corrected chi connectivity index (χ2v) is 5.30. The second kappa shape index (κ2) is 5.76. The van der Waals surface area contributed by atoms with Crippen LogP contribution in [0.15, 0.2) is 54.2 Å². The van der Waals surface area contributed by atoms with Crippen molar-refractivity contribution >= 4 is 22.2 Å². The fourth-order valence-electron chi connectivity index (χ4n) is 1.94. The minimum Gasteiger partial charge on any atom is -0.331 e. The number of pyridine rings is 1. The zero-order valence-corrected chi connectivity index (χ0v) is 11.9. The lowest BCUT2D eigenvalue weighted by Crippen LogP contribution is -2.08. The van der Waals surface area contributed by atoms with Gasteiger partial charge >= 0.3 is 6.18 Å². The molecule has 0 atom stereocenters. The highest BCUT2D eigenvalue weighted by molar-refractivity contribution is 7.14. The number of anilines is 2. The third kappa shape index (κ3) is 3.09. The van der Waals surface area contributed by atoms with Crippen LogP contribution in [-0.2, 0) is 6.18 Å². The standard InChI is InChI=1S/C15H10F3N3S/c16-15(17,18)11-3-1-2-4-12(11)20-14-21-13(9-22-14)10-5-7-19-8-6-10/h1-9H,(H,20,21). The van der Waals surface area contributed by atoms with Gasteiger partial charge < -0.3 is 5.32 Å². The highest BCUT2D eigenvalue weighted by Gasteiger charge is 2.33. The number of nitrogens with one attached hydrogen (secondary N) is 1. The van der Waals surface area contributed by atoms with E-state index < -0.39 is 11.7 Å². The van der Waals surface area contributed by atoms with Gasteiger partial charge in [-0.05, 0) is 24.3 Å². The van der Waals surface area contributed by atoms with Crippen LogP contribution in [0, 0.1) is 0 Å². The first-order chi connectivity index (χ1) is 10.5. The van der Waals surface area contributed by atoms with Gasteiger partial charge in [0.1, 0.15) is 0 Å². The largest absolute Gasteiger partial charge is 0.418 e. The Kier molecular flexibility index (Phi) is 3.81. The summed E-state index contributed by atoms with van der Waals surface area (Å²) in [7, 11) is 0. The van der Waals surface area contributed by atoms with Gasteiger partial charge in [0.25, 0.3) is 0 Å². The zero-order chi connectivity index (χ0) is 15.6. The van der Waals surface area contributed by atoms with Crippen LogP contribution in [0.1, 0.15) is 5.56 Å². The Morgan fingerprint density at radius 3 is 2.45 bits per heavy atom. The van der Waals surface area contributed by atoms with Crippen molar-refractivity contribution in [2.24, 2.45) is 0 Å². The third-order valence-corrected chi connectivity index (χ3v) is 3.71. The molecule has 0 radical (unpaired) electrons. The van der Waals surface area contributed by atoms with Crippen LogP contribution in [0.4, 0.5) is 24.0 Å². The summed E-state index contributed by atoms with van der Waals surface area (Å²) >= 11 is 1.25. The molecule has 1 aromatic carbocycles. The molecule has 3 aromatic rings. The summed E-state index contributed by atoms with van der Waals surface area (Å²) in [6, 6.07) is 8.92. The van der Waals surface area contributed by atoms with Crippen molar-refractivity contribution in [1.29, 1.82) is 0 Å². The molecule has 0 aliphatic heterocycles. The van der Waals surface area contributed by atoms with Gasteiger partial charge in [-0.2, -0.15) is 13.2 Å². The molecular formula is C15H10F3N3S. The van der Waals surface area contributed by atoms with Crippen LogP contribution < -0.4 is 5.32 Å². The lowest BCUT2D eigenvalue weighted by Gasteiger charge is -2.12. The molecule has 0 aliphatic carbocycles. The molecule has 2 heterocycles. The molecular weight excluding hydrogens is 311 g/mol. The van der Waals surface area contributed by atoms with E-state index in [9.17, 15) is 13.2 Å². The third-order valence-electron chi connectivity index (χ3n) is 2.95. The van der Waals surface area contributed by atoms with E-state index in [-0.39, 0.29) is 5.69 Å². The molecule has 1 N–H and O–H groups in total. The summed E-state index contributed by atoms with van der Waals surface area (Å²) in [5, 5.41) is 4.93. The number of benzene rings is 1. The van der Waals surface area contributed by atoms with Gasteiger partial charge in [0.05, 0.1) is 16.9 Å². The maximum Gasteiger partial charge on any atom is 0.418 e. The Morgan fingerprint density at radius 1 is 1.00 bits per heavy atom. The quantitative estimate of drug-likeness (QED) is 0.740. The number of rotatable bonds is 3. The summed E-state index contributed by atoms with van der Waals surface area (Å²) in [5.74, 6) is 0. The molecule has 0 saturated heterocycles. The van der Waals surface area contributed by atoms with E-state index in [0.29, 0.717) is 10.8 Å². The minimum atomic E-state index is -4.41. The van der Waals surface area contributed by atoms with E-state index in [4.69, 9.17) is 0 Å². The Bertz CT molecular complexity index is 769. The fourth-order valence-corrected chi connectivity index (χ4v) is 2.67. The Balaban J connectivity index is 1.88. The van der Waals surface area contributed by atoms with Crippen molar-refractivity contribution < 1.29 is 13.2 Å². The number of para-hydroxylation sites is 1. The number of hydrogen-bond acceptors (Lipinski definition) is 4. The van der Waals surface area contributed by atoms with Crippen LogP contribution in [0.3, 0.4) is 0 Å². The number of aromatic nitrogens is 2. The van der Waals surface area contributed by atoms with E-state index in [0.717, 1.165) is 11.6 Å². The zero-order valence-electron chi connectivity index (χ0n) is 11.1. The molecule has 0 unspecified atom stereocenters. The maximum absolute atomic E-state index is 13.0. The molecule has 3 nitrogen and oxygen atoms in total. The van der Waals surface area contributed by atoms with Gasteiger partial charge in [-0.1, -0.05) is 12.1 Å². The first-order valence-electron chi connectivity index (χ1n) is 6.33. The van der Waals surface area contributed by atoms with E-state index in [2.05, 4.69) is 15.3 Å². The summed E-state index contributed by atoms with van der Waals surface area (Å²) in [6.07, 6.45) is -1.13. The topological polar surface area (TPSA) is 37.8 Å². The summed E-state index contributed by atoms with van der Waals surface area (Å²) in [4.78, 5) is 8.23. The number of alkyl halides is 3. The van der Waals surface area contributed by atoms with Gasteiger partial charge in [-0.3, -0.25) is 4.98 Å². The summed E-state index contributed by atoms with van der Waals surface area (Å²) < 4.78 is 38.9. The van der Waals surface area contributed by atoms with Crippen molar-refractivity contribution in [2.45, 2.75) is 6.18 Å². The molecule has 0 fully saturated rings. The number of halogens is 3. The normalized spacial score (nSPS) is 11.4. The highest BCUT2D eigenvalue weighted by Crippen LogP contribution is 2.36. The van der Waals surface area contributed by atoms with Crippen LogP contribution in [0.2, 0.25) is 0 Å². The first kappa shape index (κ1) is 14.5. The molecule has 112 valence electrons. The van der Waals surface area contributed by atoms with Crippen molar-refractivity contribution in [1.82, 2.24) is 9.97 Å². The second-order valence-electron chi connectivity index (χ2n) is 4.44. The molecule has 22 heavy (non-hydrogen) atoms. The van der Waals surface area contributed by atoms with Gasteiger partial charge in [0, 0.05) is 23.3 Å². The van der Waals surface area contributed by atoms with Gasteiger partial charge in [-0.15, -0.1) is 11.3 Å². The molecule has 0 amide bonds. The number of hydrogen-bond donors (Lipinski definition) is 1. The van der Waals surface area contributed by atoms with Crippen LogP contribution in [-0.4, -0.2) is 9.97 Å². The van der Waals surface area contributed by atoms with Crippen LogP contribution in [0.5, 0.6) is 0 Å². The average molecular weight is 321 g/mol. The smallest absolute Gasteiger partial charge is 0.331 e. The minimum absolute atomic E-state index is 0.00868. The summed E-state index contributed by atoms with van der Waals surface area (Å²) in [5.41, 5.74) is 0.837. The van der Waals surface area contributed by atoms with E-state index >= 15 is 0 Å². The molecule has 0 aliphatic rings. The van der Waals surface area contributed by atoms with Gasteiger partial charge in [-0.25, -0.2) is 4.98 Å². The molecule has 0 bridgehead atoms. The Labute approximate surface area is 128 Å². The lowest BCUT2D eigenvalue weighted by atomic mass is 10.2. The SMILES string of the molecule is FC(F)(F)c1ccccc1Nc1nc(-c2ccncc2)cs1. The number of nitrogens with zero attached hydrogens (tertiary/aromatic N) is 2. The number of thiazole rings is 1. The Morgan fingerprint density at radius 2 is 1.73 bits per heavy atom. The lowest BCUT2D eigenvalue weighted by molar-refractivity contribution is -0.136. The predicted molar refractivity (Wildman–Crippen MR) is 80.1 cm³/mol. The van der Waals surface area contributed by atoms with Gasteiger partial charge in [0.15, 0.2) is 5.13 Å².